The van der Waals surface area contributed by atoms with Gasteiger partial charge in [0.15, 0.2) is 5.82 Å². The monoisotopic (exact) mass is 509 g/mol. The van der Waals surface area contributed by atoms with Crippen LogP contribution in [0.5, 0.6) is 0 Å². The van der Waals surface area contributed by atoms with Crippen LogP contribution in [0.15, 0.2) is 36.5 Å². The molecule has 4 heterocycles. The van der Waals surface area contributed by atoms with Crippen LogP contribution in [0.2, 0.25) is 0 Å². The van der Waals surface area contributed by atoms with Crippen LogP contribution in [0.25, 0.3) is 16.9 Å². The number of nitriles is 1. The molecule has 0 spiro atoms. The number of anilines is 1. The average molecular weight is 510 g/mol. The Labute approximate surface area is 219 Å². The minimum Gasteiger partial charge on any atom is -0.443 e. The summed E-state index contributed by atoms with van der Waals surface area (Å²) in [6.45, 7) is -0.859. The molecule has 1 atom stereocenters. The number of fused-ring (bicyclic) bond motifs is 1. The van der Waals surface area contributed by atoms with E-state index in [1.165, 1.54) is 30.5 Å². The molecule has 10 nitrogen and oxygen atoms in total. The maximum atomic E-state index is 15.0. The molecule has 2 aromatic heterocycles. The van der Waals surface area contributed by atoms with Crippen molar-refractivity contribution in [3.63, 3.8) is 0 Å². The van der Waals surface area contributed by atoms with E-state index in [4.69, 9.17) is 11.6 Å². The number of aromatic nitrogens is 3. The van der Waals surface area contributed by atoms with Gasteiger partial charge in [0.2, 0.25) is 0 Å². The quantitative estimate of drug-likeness (QED) is 0.570. The Morgan fingerprint density at radius 3 is 2.81 bits per heavy atom. The van der Waals surface area contributed by atoms with Crippen molar-refractivity contribution >= 4 is 17.8 Å². The molecule has 0 saturated carbocycles. The highest BCUT2D eigenvalue weighted by molar-refractivity contribution is 6.08. The Balaban J connectivity index is 1.68. The standard InChI is InChI=1S/C26H25FN6O4/c1-26(2,3)37-25(36)32-14-19-23(24(32)35)20(33-10-8-21(30-33)31-9-7-16(34)13-31)11-18(29-19)22-15(12-28)5-4-6-17(22)27/h4-6,8,10-11,16,34H,7,9,13-14H2,1-3H3/i9D2,13D2,16D. The zero-order valence-electron chi connectivity index (χ0n) is 25.1. The molecule has 3 aromatic rings. The largest absolute Gasteiger partial charge is 0.443 e. The number of benzene rings is 1. The van der Waals surface area contributed by atoms with E-state index in [1.807, 2.05) is 6.07 Å². The highest BCUT2D eigenvalue weighted by atomic mass is 19.1. The predicted molar refractivity (Wildman–Crippen MR) is 130 cm³/mol. The van der Waals surface area contributed by atoms with Gasteiger partial charge in [0, 0.05) is 28.0 Å². The minimum absolute atomic E-state index is 0.0223. The summed E-state index contributed by atoms with van der Waals surface area (Å²) in [5.74, 6) is -1.87. The van der Waals surface area contributed by atoms with Crippen molar-refractivity contribution in [2.75, 3.05) is 17.9 Å². The molecule has 2 amide bonds. The van der Waals surface area contributed by atoms with Gasteiger partial charge in [0.25, 0.3) is 5.91 Å². The zero-order chi connectivity index (χ0) is 31.0. The second-order valence-electron chi connectivity index (χ2n) is 9.34. The Bertz CT molecular complexity index is 1680. The zero-order valence-corrected chi connectivity index (χ0v) is 20.1. The lowest BCUT2D eigenvalue weighted by molar-refractivity contribution is 0.0247. The van der Waals surface area contributed by atoms with Gasteiger partial charge in [-0.2, -0.15) is 10.4 Å². The summed E-state index contributed by atoms with van der Waals surface area (Å²) in [7, 11) is 0. The van der Waals surface area contributed by atoms with Gasteiger partial charge < -0.3 is 14.7 Å². The third kappa shape index (κ3) is 4.51. The lowest BCUT2D eigenvalue weighted by atomic mass is 10.0. The molecule has 0 bridgehead atoms. The number of β-amino-alcohol motifs (C(OH)–C–C–N with tert-alkyl or cyclic N) is 1. The van der Waals surface area contributed by atoms with Gasteiger partial charge in [0.05, 0.1) is 56.6 Å². The number of carbonyl (C=O) groups excluding carboxylic acids is 2. The van der Waals surface area contributed by atoms with Crippen molar-refractivity contribution in [2.24, 2.45) is 0 Å². The summed E-state index contributed by atoms with van der Waals surface area (Å²) in [6.07, 6.45) is -3.34. The topological polar surface area (TPSA) is 125 Å². The van der Waals surface area contributed by atoms with E-state index < -0.39 is 48.9 Å². The van der Waals surface area contributed by atoms with Crippen LogP contribution in [0.4, 0.5) is 15.0 Å². The van der Waals surface area contributed by atoms with Gasteiger partial charge in [-0.15, -0.1) is 0 Å². The maximum absolute atomic E-state index is 15.0. The van der Waals surface area contributed by atoms with Crippen LogP contribution in [-0.2, 0) is 11.3 Å². The van der Waals surface area contributed by atoms with Gasteiger partial charge in [-0.3, -0.25) is 4.79 Å². The Morgan fingerprint density at radius 1 is 1.35 bits per heavy atom. The van der Waals surface area contributed by atoms with E-state index in [9.17, 15) is 20.0 Å². The second-order valence-corrected chi connectivity index (χ2v) is 9.34. The molecule has 5 rings (SSSR count). The molecule has 1 aromatic carbocycles. The maximum Gasteiger partial charge on any atom is 0.417 e. The first kappa shape index (κ1) is 18.9. The molecule has 0 aliphatic carbocycles. The first-order valence-corrected chi connectivity index (χ1v) is 11.2. The number of rotatable bonds is 3. The number of ether oxygens (including phenoxy) is 1. The first-order valence-electron chi connectivity index (χ1n) is 13.7. The van der Waals surface area contributed by atoms with Crippen molar-refractivity contribution < 1.29 is 30.7 Å². The van der Waals surface area contributed by atoms with Gasteiger partial charge in [-0.1, -0.05) is 6.07 Å². The van der Waals surface area contributed by atoms with Crippen LogP contribution >= 0.6 is 0 Å². The SMILES string of the molecule is [2H]C1([2H])CC([2H])(O)C([2H])([2H])N1c1ccn(-c2cc(-c3c(F)cccc3C#N)nc3c2C(=O)N(C(=O)OC(C)(C)C)C3)n1. The van der Waals surface area contributed by atoms with Crippen molar-refractivity contribution in [1.82, 2.24) is 19.7 Å². The van der Waals surface area contributed by atoms with E-state index in [0.717, 1.165) is 15.6 Å². The lowest BCUT2D eigenvalue weighted by Gasteiger charge is -2.23. The van der Waals surface area contributed by atoms with Crippen LogP contribution in [0.3, 0.4) is 0 Å². The first-order chi connectivity index (χ1) is 19.4. The van der Waals surface area contributed by atoms with Gasteiger partial charge >= 0.3 is 6.09 Å². The summed E-state index contributed by atoms with van der Waals surface area (Å²) in [6, 6.07) is 8.27. The smallest absolute Gasteiger partial charge is 0.417 e. The van der Waals surface area contributed by atoms with Crippen molar-refractivity contribution in [1.29, 1.82) is 5.26 Å². The molecule has 1 N–H and O–H groups in total. The van der Waals surface area contributed by atoms with E-state index in [-0.39, 0.29) is 46.1 Å². The third-order valence-corrected chi connectivity index (χ3v) is 5.54. The molecule has 37 heavy (non-hydrogen) atoms. The van der Waals surface area contributed by atoms with E-state index in [0.29, 0.717) is 4.90 Å². The molecular formula is C26H25FN6O4. The van der Waals surface area contributed by atoms with Crippen molar-refractivity contribution in [3.8, 4) is 23.0 Å². The van der Waals surface area contributed by atoms with E-state index in [1.54, 1.807) is 20.8 Å². The molecule has 0 radical (unpaired) electrons. The number of aliphatic hydroxyl groups is 1. The number of halogens is 1. The Morgan fingerprint density at radius 2 is 2.14 bits per heavy atom. The van der Waals surface area contributed by atoms with Crippen molar-refractivity contribution in [2.45, 2.75) is 45.4 Å². The fourth-order valence-corrected chi connectivity index (χ4v) is 4.01. The summed E-state index contributed by atoms with van der Waals surface area (Å²) < 4.78 is 62.4. The number of pyridine rings is 1. The predicted octanol–water partition coefficient (Wildman–Crippen LogP) is 3.41. The van der Waals surface area contributed by atoms with Gasteiger partial charge in [0.1, 0.15) is 11.4 Å². The Kier molecular flexibility index (Phi) is 4.58. The molecular weight excluding hydrogens is 479 g/mol. The fraction of sp³-hybridized carbons (Fsp3) is 0.346. The lowest BCUT2D eigenvalue weighted by Crippen LogP contribution is -2.37. The number of hydrogen-bond donors (Lipinski definition) is 1. The highest BCUT2D eigenvalue weighted by Crippen LogP contribution is 2.34. The molecule has 1 saturated heterocycles. The van der Waals surface area contributed by atoms with Crippen LogP contribution in [0.1, 0.15) is 55.7 Å². The van der Waals surface area contributed by atoms with Crippen LogP contribution in [-0.4, -0.2) is 61.4 Å². The highest BCUT2D eigenvalue weighted by Gasteiger charge is 2.39. The normalized spacial score (nSPS) is 23.9. The number of carbonyl (C=O) groups is 2. The van der Waals surface area contributed by atoms with Crippen LogP contribution in [0, 0.1) is 17.1 Å². The number of nitrogens with zero attached hydrogens (tertiary/aromatic N) is 6. The molecule has 190 valence electrons. The van der Waals surface area contributed by atoms with Gasteiger partial charge in [-0.05, 0) is 45.4 Å². The Hall–Kier alpha value is -4.30. The molecule has 2 aliphatic heterocycles. The molecule has 2 aliphatic rings. The van der Waals surface area contributed by atoms with Gasteiger partial charge in [-0.25, -0.2) is 23.8 Å². The molecule has 1 unspecified atom stereocenters. The summed E-state index contributed by atoms with van der Waals surface area (Å²) in [4.78, 5) is 32.2. The summed E-state index contributed by atoms with van der Waals surface area (Å²) >= 11 is 0. The van der Waals surface area contributed by atoms with Crippen LogP contribution < -0.4 is 4.90 Å². The fourth-order valence-electron chi connectivity index (χ4n) is 4.01. The number of imide groups is 1. The molecule has 1 fully saturated rings. The average Bonchev–Trinajstić information content (AvgIpc) is 3.48. The van der Waals surface area contributed by atoms with Crippen molar-refractivity contribution in [3.05, 3.63) is 59.2 Å². The summed E-state index contributed by atoms with van der Waals surface area (Å²) in [5, 5.41) is 24.2. The number of amides is 2. The van der Waals surface area contributed by atoms with E-state index >= 15 is 4.39 Å². The molecule has 11 heteroatoms. The third-order valence-electron chi connectivity index (χ3n) is 5.54. The minimum atomic E-state index is -2.89. The second kappa shape index (κ2) is 8.97. The van der Waals surface area contributed by atoms with E-state index in [2.05, 4.69) is 10.1 Å². The summed E-state index contributed by atoms with van der Waals surface area (Å²) in [5.41, 5.74) is -1.25. The number of hydrogen-bond acceptors (Lipinski definition) is 8.